The molecule has 0 saturated carbocycles. The van der Waals surface area contributed by atoms with Crippen LogP contribution in [0, 0.1) is 5.82 Å². The van der Waals surface area contributed by atoms with E-state index in [1.807, 2.05) is 12.1 Å². The number of anilines is 1. The molecule has 0 fully saturated rings. The Balaban J connectivity index is 1.94. The zero-order chi connectivity index (χ0) is 14.1. The first-order valence-corrected chi connectivity index (χ1v) is 6.48. The molecule has 0 aliphatic carbocycles. The molecule has 5 heteroatoms. The second kappa shape index (κ2) is 5.13. The highest BCUT2D eigenvalue weighted by Gasteiger charge is 2.25. The fourth-order valence-corrected chi connectivity index (χ4v) is 2.25. The van der Waals surface area contributed by atoms with E-state index in [-0.39, 0.29) is 12.5 Å². The monoisotopic (exact) mass is 291 g/mol. The summed E-state index contributed by atoms with van der Waals surface area (Å²) < 4.78 is 18.7. The van der Waals surface area contributed by atoms with Crippen molar-refractivity contribution < 1.29 is 13.9 Å². The van der Waals surface area contributed by atoms with Gasteiger partial charge in [-0.25, -0.2) is 4.39 Å². The Morgan fingerprint density at radius 1 is 1.20 bits per heavy atom. The van der Waals surface area contributed by atoms with E-state index in [2.05, 4.69) is 0 Å². The third kappa shape index (κ3) is 2.47. The quantitative estimate of drug-likeness (QED) is 0.849. The molecular weight excluding hydrogens is 281 g/mol. The molecule has 1 aliphatic rings. The molecule has 0 atom stereocenters. The number of hydrogen-bond donors (Lipinski definition) is 0. The summed E-state index contributed by atoms with van der Waals surface area (Å²) in [6, 6.07) is 11.3. The Kier molecular flexibility index (Phi) is 3.32. The van der Waals surface area contributed by atoms with Gasteiger partial charge in [0, 0.05) is 11.1 Å². The fraction of sp³-hybridized carbons (Fsp3) is 0.133. The van der Waals surface area contributed by atoms with Gasteiger partial charge in [0.1, 0.15) is 11.6 Å². The number of hydrogen-bond acceptors (Lipinski definition) is 2. The summed E-state index contributed by atoms with van der Waals surface area (Å²) in [5.41, 5.74) is 1.37. The maximum absolute atomic E-state index is 13.4. The number of nitrogens with zero attached hydrogens (tertiary/aromatic N) is 1. The minimum atomic E-state index is -0.400. The van der Waals surface area contributed by atoms with E-state index in [1.54, 1.807) is 12.1 Å². The van der Waals surface area contributed by atoms with Gasteiger partial charge in [-0.05, 0) is 29.8 Å². The summed E-state index contributed by atoms with van der Waals surface area (Å²) in [6.45, 7) is 0.321. The second-order valence-electron chi connectivity index (χ2n) is 4.51. The number of amides is 1. The normalized spacial score (nSPS) is 13.9. The van der Waals surface area contributed by atoms with E-state index >= 15 is 0 Å². The first kappa shape index (κ1) is 12.9. The van der Waals surface area contributed by atoms with Crippen LogP contribution in [0.15, 0.2) is 42.5 Å². The number of rotatable bonds is 2. The summed E-state index contributed by atoms with van der Waals surface area (Å²) >= 11 is 5.83. The molecule has 1 amide bonds. The molecule has 0 N–H and O–H groups in total. The van der Waals surface area contributed by atoms with Crippen LogP contribution in [0.1, 0.15) is 5.56 Å². The summed E-state index contributed by atoms with van der Waals surface area (Å²) in [7, 11) is 0. The van der Waals surface area contributed by atoms with Gasteiger partial charge in [0.05, 0.1) is 12.2 Å². The van der Waals surface area contributed by atoms with Crippen molar-refractivity contribution in [3.8, 4) is 5.75 Å². The molecule has 0 bridgehead atoms. The highest BCUT2D eigenvalue weighted by Crippen LogP contribution is 2.33. The van der Waals surface area contributed by atoms with E-state index in [1.165, 1.54) is 23.1 Å². The average Bonchev–Trinajstić information content (AvgIpc) is 2.44. The van der Waals surface area contributed by atoms with Gasteiger partial charge in [0.2, 0.25) is 0 Å². The summed E-state index contributed by atoms with van der Waals surface area (Å²) in [4.78, 5) is 13.5. The maximum atomic E-state index is 13.4. The van der Waals surface area contributed by atoms with Gasteiger partial charge in [0.15, 0.2) is 6.61 Å². The van der Waals surface area contributed by atoms with E-state index in [0.29, 0.717) is 23.0 Å². The van der Waals surface area contributed by atoms with E-state index < -0.39 is 5.82 Å². The van der Waals surface area contributed by atoms with Crippen molar-refractivity contribution in [1.82, 2.24) is 0 Å². The zero-order valence-electron chi connectivity index (χ0n) is 10.5. The predicted octanol–water partition coefficient (Wildman–Crippen LogP) is 3.40. The van der Waals surface area contributed by atoms with Gasteiger partial charge in [-0.2, -0.15) is 0 Å². The molecule has 2 aromatic carbocycles. The maximum Gasteiger partial charge on any atom is 0.265 e. The van der Waals surface area contributed by atoms with Crippen molar-refractivity contribution >= 4 is 23.2 Å². The van der Waals surface area contributed by atoms with Crippen LogP contribution in [-0.4, -0.2) is 12.5 Å². The Morgan fingerprint density at radius 3 is 2.70 bits per heavy atom. The highest BCUT2D eigenvalue weighted by atomic mass is 35.5. The molecular formula is C15H11ClFNO2. The molecule has 3 rings (SSSR count). The Hall–Kier alpha value is -2.07. The van der Waals surface area contributed by atoms with Gasteiger partial charge >= 0.3 is 0 Å². The van der Waals surface area contributed by atoms with Crippen molar-refractivity contribution in [2.45, 2.75) is 6.54 Å². The standard InChI is InChI=1S/C15H11ClFNO2/c16-11-3-1-10(2-4-11)8-18-13-7-12(17)5-6-14(13)20-9-15(18)19/h1-7H,8-9H2. The Morgan fingerprint density at radius 2 is 1.95 bits per heavy atom. The van der Waals surface area contributed by atoms with Gasteiger partial charge < -0.3 is 9.64 Å². The lowest BCUT2D eigenvalue weighted by molar-refractivity contribution is -0.121. The molecule has 0 spiro atoms. The lowest BCUT2D eigenvalue weighted by Crippen LogP contribution is -2.38. The van der Waals surface area contributed by atoms with Crippen molar-refractivity contribution in [1.29, 1.82) is 0 Å². The van der Waals surface area contributed by atoms with Crippen LogP contribution in [0.25, 0.3) is 0 Å². The molecule has 20 heavy (non-hydrogen) atoms. The first-order chi connectivity index (χ1) is 9.63. The van der Waals surface area contributed by atoms with E-state index in [0.717, 1.165) is 5.56 Å². The minimum absolute atomic E-state index is 0.0355. The topological polar surface area (TPSA) is 29.5 Å². The van der Waals surface area contributed by atoms with Crippen molar-refractivity contribution in [3.63, 3.8) is 0 Å². The van der Waals surface area contributed by atoms with E-state index in [9.17, 15) is 9.18 Å². The van der Waals surface area contributed by atoms with Crippen LogP contribution in [-0.2, 0) is 11.3 Å². The number of halogens is 2. The van der Waals surface area contributed by atoms with Gasteiger partial charge in [0.25, 0.3) is 5.91 Å². The van der Waals surface area contributed by atoms with Crippen molar-refractivity contribution in [3.05, 3.63) is 58.9 Å². The number of carbonyl (C=O) groups is 1. The summed E-state index contributed by atoms with van der Waals surface area (Å²) in [5.74, 6) is -0.0823. The molecule has 0 unspecified atom stereocenters. The van der Waals surface area contributed by atoms with Crippen LogP contribution in [0.5, 0.6) is 5.75 Å². The molecule has 2 aromatic rings. The molecule has 3 nitrogen and oxygen atoms in total. The minimum Gasteiger partial charge on any atom is -0.482 e. The van der Waals surface area contributed by atoms with Crippen molar-refractivity contribution in [2.24, 2.45) is 0 Å². The van der Waals surface area contributed by atoms with E-state index in [4.69, 9.17) is 16.3 Å². The van der Waals surface area contributed by atoms with Gasteiger partial charge in [-0.3, -0.25) is 4.79 Å². The highest BCUT2D eigenvalue weighted by molar-refractivity contribution is 6.30. The molecule has 102 valence electrons. The SMILES string of the molecule is O=C1COc2ccc(F)cc2N1Cc1ccc(Cl)cc1. The predicted molar refractivity (Wildman–Crippen MR) is 74.5 cm³/mol. The lowest BCUT2D eigenvalue weighted by atomic mass is 10.1. The number of ether oxygens (including phenoxy) is 1. The van der Waals surface area contributed by atoms with Crippen LogP contribution in [0.3, 0.4) is 0 Å². The van der Waals surface area contributed by atoms with Gasteiger partial charge in [-0.15, -0.1) is 0 Å². The zero-order valence-corrected chi connectivity index (χ0v) is 11.2. The fourth-order valence-electron chi connectivity index (χ4n) is 2.12. The molecule has 1 heterocycles. The Bertz CT molecular complexity index is 657. The van der Waals surface area contributed by atoms with Crippen molar-refractivity contribution in [2.75, 3.05) is 11.5 Å². The van der Waals surface area contributed by atoms with Crippen LogP contribution in [0.4, 0.5) is 10.1 Å². The smallest absolute Gasteiger partial charge is 0.265 e. The number of fused-ring (bicyclic) bond motifs is 1. The molecule has 0 saturated heterocycles. The second-order valence-corrected chi connectivity index (χ2v) is 4.94. The average molecular weight is 292 g/mol. The number of carbonyl (C=O) groups excluding carboxylic acids is 1. The molecule has 0 radical (unpaired) electrons. The Labute approximate surface area is 120 Å². The van der Waals surface area contributed by atoms with Crippen LogP contribution < -0.4 is 9.64 Å². The molecule has 0 aromatic heterocycles. The summed E-state index contributed by atoms with van der Waals surface area (Å²) in [5, 5.41) is 0.633. The number of benzene rings is 2. The molecule has 1 aliphatic heterocycles. The van der Waals surface area contributed by atoms with Crippen LogP contribution >= 0.6 is 11.6 Å². The first-order valence-electron chi connectivity index (χ1n) is 6.10. The lowest BCUT2D eigenvalue weighted by Gasteiger charge is -2.29. The largest absolute Gasteiger partial charge is 0.482 e. The summed E-state index contributed by atoms with van der Waals surface area (Å²) in [6.07, 6.45) is 0. The van der Waals surface area contributed by atoms with Crippen LogP contribution in [0.2, 0.25) is 5.02 Å². The van der Waals surface area contributed by atoms with Gasteiger partial charge in [-0.1, -0.05) is 23.7 Å². The third-order valence-electron chi connectivity index (χ3n) is 3.12. The third-order valence-corrected chi connectivity index (χ3v) is 3.37.